The molecule has 4 aromatic rings. The zero-order valence-corrected chi connectivity index (χ0v) is 28.0. The van der Waals surface area contributed by atoms with Gasteiger partial charge >= 0.3 is 0 Å². The maximum absolute atomic E-state index is 12.9. The summed E-state index contributed by atoms with van der Waals surface area (Å²) >= 11 is 0. The number of nitrogens with zero attached hydrogens (tertiary/aromatic N) is 2. The van der Waals surface area contributed by atoms with Crippen molar-refractivity contribution >= 4 is 23.7 Å². The molecular formula is C40H44N4O4. The second-order valence-electron chi connectivity index (χ2n) is 14.0. The number of anilines is 1. The summed E-state index contributed by atoms with van der Waals surface area (Å²) in [7, 11) is 0. The Kier molecular flexibility index (Phi) is 8.82. The maximum Gasteiger partial charge on any atom is 0.271 e. The topological polar surface area (TPSA) is 93.9 Å². The van der Waals surface area contributed by atoms with Gasteiger partial charge in [0.2, 0.25) is 0 Å². The van der Waals surface area contributed by atoms with Crippen LogP contribution in [0.4, 0.5) is 5.69 Å². The summed E-state index contributed by atoms with van der Waals surface area (Å²) in [6.07, 6.45) is 9.80. The predicted molar refractivity (Wildman–Crippen MR) is 188 cm³/mol. The van der Waals surface area contributed by atoms with Crippen LogP contribution < -0.4 is 20.2 Å². The summed E-state index contributed by atoms with van der Waals surface area (Å²) in [6.45, 7) is 6.22. The summed E-state index contributed by atoms with van der Waals surface area (Å²) in [4.78, 5) is 25.7. The molecule has 2 amide bonds. The average Bonchev–Trinajstić information content (AvgIpc) is 3.41. The van der Waals surface area contributed by atoms with Gasteiger partial charge in [-0.2, -0.15) is 5.10 Å². The number of benzene rings is 3. The smallest absolute Gasteiger partial charge is 0.271 e. The van der Waals surface area contributed by atoms with Crippen molar-refractivity contribution in [1.29, 1.82) is 0 Å². The first kappa shape index (κ1) is 31.7. The lowest BCUT2D eigenvalue weighted by Crippen LogP contribution is -2.48. The second-order valence-corrected chi connectivity index (χ2v) is 14.0. The molecule has 0 unspecified atom stereocenters. The van der Waals surface area contributed by atoms with Gasteiger partial charge in [0.05, 0.1) is 12.8 Å². The third-order valence-electron chi connectivity index (χ3n) is 10.5. The Hall–Kier alpha value is -4.85. The van der Waals surface area contributed by atoms with Gasteiger partial charge in [0.1, 0.15) is 0 Å². The molecule has 2 N–H and O–H groups in total. The van der Waals surface area contributed by atoms with Gasteiger partial charge < -0.3 is 19.4 Å². The molecule has 248 valence electrons. The van der Waals surface area contributed by atoms with E-state index in [2.05, 4.69) is 44.7 Å². The molecule has 48 heavy (non-hydrogen) atoms. The van der Waals surface area contributed by atoms with Crippen LogP contribution in [0.25, 0.3) is 5.69 Å². The molecule has 0 saturated heterocycles. The highest BCUT2D eigenvalue weighted by atomic mass is 16.5. The van der Waals surface area contributed by atoms with Crippen LogP contribution >= 0.6 is 0 Å². The van der Waals surface area contributed by atoms with E-state index < -0.39 is 0 Å². The summed E-state index contributed by atoms with van der Waals surface area (Å²) in [5.41, 5.74) is 9.49. The normalized spacial score (nSPS) is 22.5. The highest BCUT2D eigenvalue weighted by molar-refractivity contribution is 5.95. The SMILES string of the molecule is CCOc1cc(/C=N\NC(=O)c2cccc(-n3c(C)ccc3C)c2)ccc1OCC(=O)Nc1ccc(C23CC4CC(CC(C4)C2)C3)cc1. The highest BCUT2D eigenvalue weighted by Crippen LogP contribution is 2.60. The molecule has 0 radical (unpaired) electrons. The molecule has 1 heterocycles. The van der Waals surface area contributed by atoms with Gasteiger partial charge in [0.15, 0.2) is 18.1 Å². The first-order valence-corrected chi connectivity index (χ1v) is 17.2. The minimum absolute atomic E-state index is 0.151. The van der Waals surface area contributed by atoms with Gasteiger partial charge in [0, 0.05) is 28.3 Å². The fraction of sp³-hybridized carbons (Fsp3) is 0.375. The Labute approximate surface area is 282 Å². The molecule has 8 heteroatoms. The number of aromatic nitrogens is 1. The van der Waals surface area contributed by atoms with Gasteiger partial charge in [-0.25, -0.2) is 5.43 Å². The number of ether oxygens (including phenoxy) is 2. The molecule has 8 rings (SSSR count). The van der Waals surface area contributed by atoms with Crippen molar-refractivity contribution in [3.63, 3.8) is 0 Å². The average molecular weight is 645 g/mol. The van der Waals surface area contributed by atoms with Gasteiger partial charge in [-0.15, -0.1) is 0 Å². The van der Waals surface area contributed by atoms with E-state index in [1.54, 1.807) is 30.5 Å². The van der Waals surface area contributed by atoms with Crippen molar-refractivity contribution in [3.05, 3.63) is 107 Å². The second kappa shape index (κ2) is 13.3. The Bertz CT molecular complexity index is 1790. The standard InChI is InChI=1S/C40H44N4O4/c1-4-47-37-19-28(24-41-43-39(46)32-6-5-7-35(20-32)44-26(2)8-9-27(44)3)10-15-36(37)48-25-38(45)42-34-13-11-33(12-14-34)40-21-29-16-30(22-40)18-31(17-29)23-40/h5-15,19-20,24,29-31H,4,16-18,21-23,25H2,1-3H3,(H,42,45)(H,43,46)/b41-24-. The molecule has 4 aliphatic rings. The first-order chi connectivity index (χ1) is 23.3. The number of amides is 2. The molecular weight excluding hydrogens is 600 g/mol. The molecule has 0 atom stereocenters. The van der Waals surface area contributed by atoms with E-state index in [1.165, 1.54) is 44.1 Å². The number of aryl methyl sites for hydroxylation is 2. The predicted octanol–water partition coefficient (Wildman–Crippen LogP) is 7.74. The van der Waals surface area contributed by atoms with Crippen molar-refractivity contribution in [2.75, 3.05) is 18.5 Å². The molecule has 0 aliphatic heterocycles. The van der Waals surface area contributed by atoms with E-state index in [9.17, 15) is 9.59 Å². The lowest BCUT2D eigenvalue weighted by atomic mass is 9.48. The quantitative estimate of drug-likeness (QED) is 0.129. The van der Waals surface area contributed by atoms with E-state index in [4.69, 9.17) is 9.47 Å². The Morgan fingerprint density at radius 1 is 0.854 bits per heavy atom. The Balaban J connectivity index is 0.936. The minimum Gasteiger partial charge on any atom is -0.490 e. The van der Waals surface area contributed by atoms with Crippen molar-refractivity contribution in [2.45, 2.75) is 64.7 Å². The van der Waals surface area contributed by atoms with Crippen LogP contribution in [0.2, 0.25) is 0 Å². The Morgan fingerprint density at radius 2 is 1.54 bits per heavy atom. The number of rotatable bonds is 11. The summed E-state index contributed by atoms with van der Waals surface area (Å²) < 4.78 is 13.8. The number of carbonyl (C=O) groups excluding carboxylic acids is 2. The monoisotopic (exact) mass is 644 g/mol. The fourth-order valence-electron chi connectivity index (χ4n) is 8.80. The number of carbonyl (C=O) groups is 2. The Morgan fingerprint density at radius 3 is 2.21 bits per heavy atom. The number of hydrazone groups is 1. The van der Waals surface area contributed by atoms with Crippen LogP contribution in [0.5, 0.6) is 11.5 Å². The van der Waals surface area contributed by atoms with Gasteiger partial charge in [-0.1, -0.05) is 18.2 Å². The van der Waals surface area contributed by atoms with E-state index in [0.717, 1.165) is 40.5 Å². The van der Waals surface area contributed by atoms with Crippen molar-refractivity contribution in [2.24, 2.45) is 22.9 Å². The third kappa shape index (κ3) is 6.61. The highest BCUT2D eigenvalue weighted by Gasteiger charge is 2.51. The van der Waals surface area contributed by atoms with Crippen molar-refractivity contribution < 1.29 is 19.1 Å². The summed E-state index contributed by atoms with van der Waals surface area (Å²) in [6, 6.07) is 25.4. The summed E-state index contributed by atoms with van der Waals surface area (Å²) in [5, 5.41) is 7.14. The fourth-order valence-corrected chi connectivity index (χ4v) is 8.80. The van der Waals surface area contributed by atoms with E-state index in [-0.39, 0.29) is 18.4 Å². The first-order valence-electron chi connectivity index (χ1n) is 17.2. The van der Waals surface area contributed by atoms with Crippen molar-refractivity contribution in [1.82, 2.24) is 9.99 Å². The van der Waals surface area contributed by atoms with Crippen molar-refractivity contribution in [3.8, 4) is 17.2 Å². The van der Waals surface area contributed by atoms with Crippen LogP contribution in [0.1, 0.15) is 78.3 Å². The number of nitrogens with one attached hydrogen (secondary N) is 2. The largest absolute Gasteiger partial charge is 0.490 e. The van der Waals surface area contributed by atoms with E-state index in [1.807, 2.05) is 51.1 Å². The zero-order chi connectivity index (χ0) is 33.3. The van der Waals surface area contributed by atoms with Crippen LogP contribution in [-0.4, -0.2) is 35.8 Å². The molecule has 4 aliphatic carbocycles. The molecule has 4 bridgehead atoms. The molecule has 0 spiro atoms. The molecule has 4 saturated carbocycles. The minimum atomic E-state index is -0.311. The van der Waals surface area contributed by atoms with E-state index >= 15 is 0 Å². The van der Waals surface area contributed by atoms with E-state index in [0.29, 0.717) is 34.6 Å². The molecule has 8 nitrogen and oxygen atoms in total. The number of hydrogen-bond donors (Lipinski definition) is 2. The lowest BCUT2D eigenvalue weighted by molar-refractivity contribution is -0.118. The van der Waals surface area contributed by atoms with Gasteiger partial charge in [-0.05, 0) is 154 Å². The van der Waals surface area contributed by atoms with Crippen LogP contribution in [-0.2, 0) is 10.2 Å². The van der Waals surface area contributed by atoms with Crippen LogP contribution in [0.3, 0.4) is 0 Å². The van der Waals surface area contributed by atoms with Gasteiger partial charge in [0.25, 0.3) is 11.8 Å². The molecule has 4 fully saturated rings. The molecule has 1 aromatic heterocycles. The van der Waals surface area contributed by atoms with Crippen LogP contribution in [0, 0.1) is 31.6 Å². The number of hydrogen-bond acceptors (Lipinski definition) is 5. The summed E-state index contributed by atoms with van der Waals surface area (Å²) in [5.74, 6) is 3.09. The maximum atomic E-state index is 12.9. The van der Waals surface area contributed by atoms with Gasteiger partial charge in [-0.3, -0.25) is 9.59 Å². The van der Waals surface area contributed by atoms with Crippen LogP contribution in [0.15, 0.2) is 84.0 Å². The zero-order valence-electron chi connectivity index (χ0n) is 28.0. The molecule has 3 aromatic carbocycles. The third-order valence-corrected chi connectivity index (χ3v) is 10.5. The lowest BCUT2D eigenvalue weighted by Gasteiger charge is -2.57.